The first-order valence-corrected chi connectivity index (χ1v) is 7.72. The Hall–Kier alpha value is -2.93. The van der Waals surface area contributed by atoms with Crippen LogP contribution in [0.3, 0.4) is 0 Å². The smallest absolute Gasteiger partial charge is 0.277 e. The molecule has 2 aromatic rings. The Kier molecular flexibility index (Phi) is 5.25. The molecule has 25 heavy (non-hydrogen) atoms. The van der Waals surface area contributed by atoms with Crippen molar-refractivity contribution in [2.45, 2.75) is 0 Å². The van der Waals surface area contributed by atoms with E-state index in [1.165, 1.54) is 13.3 Å². The number of carbonyl (C=O) groups is 1. The van der Waals surface area contributed by atoms with Gasteiger partial charge in [-0.15, -0.1) is 0 Å². The van der Waals surface area contributed by atoms with Crippen molar-refractivity contribution >= 4 is 23.7 Å². The lowest BCUT2D eigenvalue weighted by atomic mass is 10.2. The Bertz CT molecular complexity index is 810. The summed E-state index contributed by atoms with van der Waals surface area (Å²) < 4.78 is 21.0. The lowest BCUT2D eigenvalue weighted by Crippen LogP contribution is -2.24. The number of benzene rings is 2. The first-order valence-electron chi connectivity index (χ1n) is 7.34. The highest BCUT2D eigenvalue weighted by atomic mass is 35.5. The Balaban J connectivity index is 1.55. The second-order valence-corrected chi connectivity index (χ2v) is 5.37. The van der Waals surface area contributed by atoms with E-state index in [0.717, 1.165) is 0 Å². The molecule has 130 valence electrons. The molecule has 0 bridgehead atoms. The predicted molar refractivity (Wildman–Crippen MR) is 91.8 cm³/mol. The number of para-hydroxylation sites is 2. The summed E-state index contributed by atoms with van der Waals surface area (Å²) in [5, 5.41) is 4.30. The summed E-state index contributed by atoms with van der Waals surface area (Å²) >= 11 is 6.12. The zero-order valence-corrected chi connectivity index (χ0v) is 14.1. The third-order valence-corrected chi connectivity index (χ3v) is 3.64. The predicted octanol–water partition coefficient (Wildman–Crippen LogP) is 2.61. The van der Waals surface area contributed by atoms with Crippen LogP contribution in [0.15, 0.2) is 41.5 Å². The van der Waals surface area contributed by atoms with Crippen LogP contribution < -0.4 is 24.4 Å². The van der Waals surface area contributed by atoms with Crippen molar-refractivity contribution in [1.82, 2.24) is 5.43 Å². The van der Waals surface area contributed by atoms with E-state index in [9.17, 15) is 4.79 Å². The van der Waals surface area contributed by atoms with E-state index in [2.05, 4.69) is 10.5 Å². The molecule has 0 radical (unpaired) electrons. The van der Waals surface area contributed by atoms with E-state index >= 15 is 0 Å². The van der Waals surface area contributed by atoms with Crippen LogP contribution >= 0.6 is 11.6 Å². The number of nitrogens with one attached hydrogen (secondary N) is 1. The van der Waals surface area contributed by atoms with Crippen molar-refractivity contribution in [3.63, 3.8) is 0 Å². The molecule has 2 aromatic carbocycles. The molecular formula is C17H15ClN2O5. The van der Waals surface area contributed by atoms with Gasteiger partial charge < -0.3 is 18.9 Å². The number of halogens is 1. The van der Waals surface area contributed by atoms with Gasteiger partial charge in [0.15, 0.2) is 29.6 Å². The molecule has 0 saturated heterocycles. The van der Waals surface area contributed by atoms with E-state index in [1.807, 2.05) is 6.07 Å². The second kappa shape index (κ2) is 7.76. The van der Waals surface area contributed by atoms with Gasteiger partial charge in [-0.2, -0.15) is 5.10 Å². The van der Waals surface area contributed by atoms with E-state index in [-0.39, 0.29) is 13.4 Å². The van der Waals surface area contributed by atoms with Gasteiger partial charge >= 0.3 is 0 Å². The number of hydrazone groups is 1. The minimum absolute atomic E-state index is 0.156. The number of hydrogen-bond donors (Lipinski definition) is 1. The fourth-order valence-corrected chi connectivity index (χ4v) is 2.32. The molecular weight excluding hydrogens is 348 g/mol. The van der Waals surface area contributed by atoms with Crippen molar-refractivity contribution in [3.8, 4) is 23.0 Å². The van der Waals surface area contributed by atoms with E-state index in [1.54, 1.807) is 30.3 Å². The molecule has 0 spiro atoms. The number of nitrogens with zero attached hydrogens (tertiary/aromatic N) is 1. The summed E-state index contributed by atoms with van der Waals surface area (Å²) in [5.74, 6) is 1.76. The van der Waals surface area contributed by atoms with Gasteiger partial charge in [0.05, 0.1) is 18.3 Å². The maximum atomic E-state index is 11.8. The summed E-state index contributed by atoms with van der Waals surface area (Å²) in [7, 11) is 1.53. The third kappa shape index (κ3) is 4.13. The number of hydrogen-bond acceptors (Lipinski definition) is 6. The third-order valence-electron chi connectivity index (χ3n) is 3.31. The highest BCUT2D eigenvalue weighted by Gasteiger charge is 2.15. The highest BCUT2D eigenvalue weighted by Crippen LogP contribution is 2.36. The average Bonchev–Trinajstić information content (AvgIpc) is 3.07. The van der Waals surface area contributed by atoms with Crippen molar-refractivity contribution in [2.75, 3.05) is 20.5 Å². The second-order valence-electron chi connectivity index (χ2n) is 4.96. The van der Waals surface area contributed by atoms with Crippen LogP contribution in [0.5, 0.6) is 23.0 Å². The van der Waals surface area contributed by atoms with E-state index < -0.39 is 5.91 Å². The van der Waals surface area contributed by atoms with Crippen molar-refractivity contribution in [3.05, 3.63) is 47.0 Å². The number of ether oxygens (including phenoxy) is 4. The monoisotopic (exact) mass is 362 g/mol. The number of amides is 1. The molecule has 8 heteroatoms. The molecule has 0 aliphatic carbocycles. The summed E-state index contributed by atoms with van der Waals surface area (Å²) in [6, 6.07) is 10.4. The lowest BCUT2D eigenvalue weighted by Gasteiger charge is -2.09. The van der Waals surface area contributed by atoms with Gasteiger partial charge in [-0.25, -0.2) is 5.43 Å². The molecule has 1 aliphatic rings. The number of methoxy groups -OCH3 is 1. The average molecular weight is 363 g/mol. The van der Waals surface area contributed by atoms with Gasteiger partial charge in [0.25, 0.3) is 5.91 Å². The van der Waals surface area contributed by atoms with Crippen LogP contribution in [0.1, 0.15) is 5.56 Å². The molecule has 0 aromatic heterocycles. The zero-order valence-electron chi connectivity index (χ0n) is 13.3. The van der Waals surface area contributed by atoms with Crippen molar-refractivity contribution in [2.24, 2.45) is 5.10 Å². The summed E-state index contributed by atoms with van der Waals surface area (Å²) in [5.41, 5.74) is 2.96. The van der Waals surface area contributed by atoms with Crippen LogP contribution in [-0.4, -0.2) is 32.6 Å². The molecule has 3 rings (SSSR count). The molecule has 0 atom stereocenters. The molecule has 0 unspecified atom stereocenters. The standard InChI is InChI=1S/C17H15ClN2O5/c1-22-13-4-2-3-5-14(13)23-9-17(21)20-19-8-11-6-15-16(7-12(11)18)25-10-24-15/h2-8H,9-10H2,1H3,(H,20,21). The Morgan fingerprint density at radius 1 is 1.28 bits per heavy atom. The largest absolute Gasteiger partial charge is 0.493 e. The van der Waals surface area contributed by atoms with Crippen molar-refractivity contribution < 1.29 is 23.7 Å². The highest BCUT2D eigenvalue weighted by molar-refractivity contribution is 6.33. The lowest BCUT2D eigenvalue weighted by molar-refractivity contribution is -0.123. The van der Waals surface area contributed by atoms with Crippen LogP contribution in [0.4, 0.5) is 0 Å². The molecule has 1 heterocycles. The van der Waals surface area contributed by atoms with E-state index in [0.29, 0.717) is 33.6 Å². The molecule has 1 N–H and O–H groups in total. The molecule has 1 aliphatic heterocycles. The van der Waals surface area contributed by atoms with Crippen LogP contribution in [-0.2, 0) is 4.79 Å². The summed E-state index contributed by atoms with van der Waals surface area (Å²) in [6.07, 6.45) is 1.42. The topological polar surface area (TPSA) is 78.4 Å². The first kappa shape index (κ1) is 16.9. The van der Waals surface area contributed by atoms with Gasteiger partial charge in [0, 0.05) is 11.6 Å². The van der Waals surface area contributed by atoms with Gasteiger partial charge in [-0.05, 0) is 18.2 Å². The summed E-state index contributed by atoms with van der Waals surface area (Å²) in [6.45, 7) is -0.0458. The van der Waals surface area contributed by atoms with Crippen LogP contribution in [0.2, 0.25) is 5.02 Å². The minimum Gasteiger partial charge on any atom is -0.493 e. The fraction of sp³-hybridized carbons (Fsp3) is 0.176. The fourth-order valence-electron chi connectivity index (χ4n) is 2.12. The van der Waals surface area contributed by atoms with Gasteiger partial charge in [0.1, 0.15) is 0 Å². The summed E-state index contributed by atoms with van der Waals surface area (Å²) in [4.78, 5) is 11.8. The van der Waals surface area contributed by atoms with Crippen LogP contribution in [0.25, 0.3) is 0 Å². The van der Waals surface area contributed by atoms with Crippen molar-refractivity contribution in [1.29, 1.82) is 0 Å². The Morgan fingerprint density at radius 3 is 2.76 bits per heavy atom. The van der Waals surface area contributed by atoms with Crippen LogP contribution in [0, 0.1) is 0 Å². The van der Waals surface area contributed by atoms with Gasteiger partial charge in [-0.1, -0.05) is 23.7 Å². The number of fused-ring (bicyclic) bond motifs is 1. The minimum atomic E-state index is -0.418. The van der Waals surface area contributed by atoms with Gasteiger partial charge in [0.2, 0.25) is 6.79 Å². The molecule has 0 fully saturated rings. The normalized spacial score (nSPS) is 12.2. The zero-order chi connectivity index (χ0) is 17.6. The maximum Gasteiger partial charge on any atom is 0.277 e. The number of carbonyl (C=O) groups excluding carboxylic acids is 1. The number of rotatable bonds is 6. The van der Waals surface area contributed by atoms with E-state index in [4.69, 9.17) is 30.5 Å². The van der Waals surface area contributed by atoms with Gasteiger partial charge in [-0.3, -0.25) is 4.79 Å². The Morgan fingerprint density at radius 2 is 2.00 bits per heavy atom. The maximum absolute atomic E-state index is 11.8. The SMILES string of the molecule is COc1ccccc1OCC(=O)NN=Cc1cc2c(cc1Cl)OCO2. The Labute approximate surface area is 149 Å². The quantitative estimate of drug-likeness (QED) is 0.631. The first-order chi connectivity index (χ1) is 12.2. The molecule has 7 nitrogen and oxygen atoms in total. The molecule has 0 saturated carbocycles. The molecule has 1 amide bonds.